The fraction of sp³-hybridized carbons (Fsp3) is 0.458. The summed E-state index contributed by atoms with van der Waals surface area (Å²) in [6.45, 7) is 11.4. The van der Waals surface area contributed by atoms with Crippen LogP contribution in [0.4, 0.5) is 0 Å². The number of carbonyl (C=O) groups is 2. The number of carboxylic acid groups (broad SMARTS) is 1. The van der Waals surface area contributed by atoms with Gasteiger partial charge < -0.3 is 19.3 Å². The first kappa shape index (κ1) is 22.6. The summed E-state index contributed by atoms with van der Waals surface area (Å²) in [7, 11) is 0. The summed E-state index contributed by atoms with van der Waals surface area (Å²) >= 11 is 0. The molecule has 0 spiro atoms. The second-order valence-electron chi connectivity index (χ2n) is 8.62. The molecule has 2 heterocycles. The van der Waals surface area contributed by atoms with Crippen LogP contribution in [0.5, 0.6) is 0 Å². The Morgan fingerprint density at radius 1 is 1.00 bits per heavy atom. The van der Waals surface area contributed by atoms with E-state index < -0.39 is 23.5 Å². The third kappa shape index (κ3) is 4.36. The van der Waals surface area contributed by atoms with Crippen LogP contribution in [0.15, 0.2) is 19.7 Å². The van der Waals surface area contributed by atoms with Gasteiger partial charge in [0, 0.05) is 28.3 Å². The number of carbonyl (C=O) groups excluding carboxylic acids is 1. The highest BCUT2D eigenvalue weighted by atomic mass is 16.4. The molecule has 0 unspecified atom stereocenters. The fourth-order valence-corrected chi connectivity index (χ4v) is 3.98. The van der Waals surface area contributed by atoms with Crippen LogP contribution in [0.1, 0.15) is 54.7 Å². The maximum Gasteiger partial charge on any atom is 0.339 e. The van der Waals surface area contributed by atoms with Gasteiger partial charge in [-0.05, 0) is 63.6 Å². The number of rotatable bonds is 7. The van der Waals surface area contributed by atoms with Crippen molar-refractivity contribution in [1.82, 2.24) is 5.32 Å². The van der Waals surface area contributed by atoms with E-state index in [1.165, 1.54) is 0 Å². The molecule has 1 amide bonds. The normalized spacial score (nSPS) is 12.6. The Morgan fingerprint density at radius 3 is 2.23 bits per heavy atom. The topological polar surface area (TPSA) is 110 Å². The van der Waals surface area contributed by atoms with Crippen LogP contribution >= 0.6 is 0 Å². The number of benzene rings is 1. The van der Waals surface area contributed by atoms with Crippen LogP contribution in [0.2, 0.25) is 0 Å². The maximum absolute atomic E-state index is 12.7. The molecule has 1 aromatic carbocycles. The van der Waals surface area contributed by atoms with E-state index in [9.17, 15) is 19.5 Å². The van der Waals surface area contributed by atoms with Gasteiger partial charge in [0.2, 0.25) is 5.91 Å². The molecule has 166 valence electrons. The third-order valence-corrected chi connectivity index (χ3v) is 5.89. The SMILES string of the molecule is Cc1oc2c(C)c3oc(=O)c(CCC(=O)N[C@H](CC(C)C)C(=O)O)c(C)c3cc2c1C. The lowest BCUT2D eigenvalue weighted by atomic mass is 9.98. The summed E-state index contributed by atoms with van der Waals surface area (Å²) in [6.07, 6.45) is 0.519. The Labute approximate surface area is 180 Å². The lowest BCUT2D eigenvalue weighted by molar-refractivity contribution is -0.142. The molecule has 3 aromatic rings. The van der Waals surface area contributed by atoms with Crippen molar-refractivity contribution in [3.63, 3.8) is 0 Å². The van der Waals surface area contributed by atoms with E-state index in [0.717, 1.165) is 33.2 Å². The van der Waals surface area contributed by atoms with Gasteiger partial charge in [-0.3, -0.25) is 4.79 Å². The standard InChI is InChI=1S/C24H29NO6/c1-11(2)9-19(23(27)28)25-20(26)8-7-16-13(4)18-10-17-12(3)15(6)30-21(17)14(5)22(18)31-24(16)29/h10-11,19H,7-9H2,1-6H3,(H,25,26)(H,27,28)/t19-/m1/s1. The summed E-state index contributed by atoms with van der Waals surface area (Å²) < 4.78 is 11.5. The monoisotopic (exact) mass is 427 g/mol. The van der Waals surface area contributed by atoms with Gasteiger partial charge in [0.15, 0.2) is 0 Å². The van der Waals surface area contributed by atoms with Gasteiger partial charge in [0.05, 0.1) is 0 Å². The predicted molar refractivity (Wildman–Crippen MR) is 119 cm³/mol. The lowest BCUT2D eigenvalue weighted by Gasteiger charge is -2.16. The molecular weight excluding hydrogens is 398 g/mol. The van der Waals surface area contributed by atoms with Crippen LogP contribution < -0.4 is 10.9 Å². The minimum Gasteiger partial charge on any atom is -0.480 e. The predicted octanol–water partition coefficient (Wildman–Crippen LogP) is 4.32. The van der Waals surface area contributed by atoms with Crippen LogP contribution in [-0.4, -0.2) is 23.0 Å². The van der Waals surface area contributed by atoms with Crippen molar-refractivity contribution in [2.45, 2.75) is 66.8 Å². The molecular formula is C24H29NO6. The third-order valence-electron chi connectivity index (χ3n) is 5.89. The van der Waals surface area contributed by atoms with Crippen molar-refractivity contribution in [3.8, 4) is 0 Å². The maximum atomic E-state index is 12.7. The summed E-state index contributed by atoms with van der Waals surface area (Å²) in [4.78, 5) is 36.4. The number of fused-ring (bicyclic) bond motifs is 2. The number of hydrogen-bond acceptors (Lipinski definition) is 5. The molecule has 3 rings (SSSR count). The molecule has 0 fully saturated rings. The first-order valence-electron chi connectivity index (χ1n) is 10.5. The van der Waals surface area contributed by atoms with Crippen molar-refractivity contribution in [3.05, 3.63) is 44.5 Å². The zero-order chi connectivity index (χ0) is 23.0. The Balaban J connectivity index is 1.91. The number of aliphatic carboxylic acids is 1. The van der Waals surface area contributed by atoms with Gasteiger partial charge in [-0.15, -0.1) is 0 Å². The summed E-state index contributed by atoms with van der Waals surface area (Å²) in [6, 6.07) is 1.03. The molecule has 7 heteroatoms. The second kappa shape index (κ2) is 8.57. The summed E-state index contributed by atoms with van der Waals surface area (Å²) in [5.41, 5.74) is 3.70. The molecule has 0 bridgehead atoms. The van der Waals surface area contributed by atoms with E-state index in [1.807, 2.05) is 47.6 Å². The molecule has 2 N–H and O–H groups in total. The van der Waals surface area contributed by atoms with Crippen molar-refractivity contribution < 1.29 is 23.5 Å². The Hall–Kier alpha value is -3.09. The highest BCUT2D eigenvalue weighted by Crippen LogP contribution is 2.34. The fourth-order valence-electron chi connectivity index (χ4n) is 3.98. The van der Waals surface area contributed by atoms with E-state index in [-0.39, 0.29) is 18.8 Å². The van der Waals surface area contributed by atoms with Crippen LogP contribution in [0, 0.1) is 33.6 Å². The van der Waals surface area contributed by atoms with Crippen molar-refractivity contribution in [2.24, 2.45) is 5.92 Å². The number of hydrogen-bond donors (Lipinski definition) is 2. The van der Waals surface area contributed by atoms with Crippen LogP contribution in [0.25, 0.3) is 21.9 Å². The Bertz CT molecular complexity index is 1230. The Kier molecular flexibility index (Phi) is 6.25. The van der Waals surface area contributed by atoms with E-state index >= 15 is 0 Å². The molecule has 1 atom stereocenters. The minimum absolute atomic E-state index is 0.00402. The van der Waals surface area contributed by atoms with Gasteiger partial charge >= 0.3 is 11.6 Å². The van der Waals surface area contributed by atoms with Crippen molar-refractivity contribution >= 4 is 33.8 Å². The number of furan rings is 1. The molecule has 7 nitrogen and oxygen atoms in total. The summed E-state index contributed by atoms with van der Waals surface area (Å²) in [5, 5.41) is 13.7. The average Bonchev–Trinajstić information content (AvgIpc) is 2.96. The molecule has 2 aromatic heterocycles. The van der Waals surface area contributed by atoms with E-state index in [4.69, 9.17) is 8.83 Å². The van der Waals surface area contributed by atoms with Crippen molar-refractivity contribution in [1.29, 1.82) is 0 Å². The molecule has 0 aliphatic heterocycles. The van der Waals surface area contributed by atoms with Gasteiger partial charge in [-0.25, -0.2) is 9.59 Å². The highest BCUT2D eigenvalue weighted by molar-refractivity contribution is 6.00. The minimum atomic E-state index is -1.06. The van der Waals surface area contributed by atoms with E-state index in [2.05, 4.69) is 5.32 Å². The number of nitrogens with one attached hydrogen (secondary N) is 1. The van der Waals surface area contributed by atoms with Crippen LogP contribution in [-0.2, 0) is 16.0 Å². The molecule has 0 saturated heterocycles. The number of aryl methyl sites for hydroxylation is 4. The molecule has 31 heavy (non-hydrogen) atoms. The molecule has 0 radical (unpaired) electrons. The van der Waals surface area contributed by atoms with Gasteiger partial charge in [0.25, 0.3) is 0 Å². The molecule has 0 aliphatic carbocycles. The lowest BCUT2D eigenvalue weighted by Crippen LogP contribution is -2.41. The largest absolute Gasteiger partial charge is 0.480 e. The Morgan fingerprint density at radius 2 is 1.61 bits per heavy atom. The average molecular weight is 427 g/mol. The molecule has 0 saturated carbocycles. The van der Waals surface area contributed by atoms with Gasteiger partial charge in [0.1, 0.15) is 23.0 Å². The number of carboxylic acids is 1. The number of amides is 1. The van der Waals surface area contributed by atoms with Crippen LogP contribution in [0.3, 0.4) is 0 Å². The smallest absolute Gasteiger partial charge is 0.339 e. The summed E-state index contributed by atoms with van der Waals surface area (Å²) in [5.74, 6) is -0.514. The van der Waals surface area contributed by atoms with Gasteiger partial charge in [-0.1, -0.05) is 13.8 Å². The zero-order valence-corrected chi connectivity index (χ0v) is 18.8. The van der Waals surface area contributed by atoms with Crippen molar-refractivity contribution in [2.75, 3.05) is 0 Å². The first-order valence-corrected chi connectivity index (χ1v) is 10.5. The quantitative estimate of drug-likeness (QED) is 0.544. The van der Waals surface area contributed by atoms with Gasteiger partial charge in [-0.2, -0.15) is 0 Å². The molecule has 0 aliphatic rings. The first-order chi connectivity index (χ1) is 14.5. The second-order valence-corrected chi connectivity index (χ2v) is 8.62. The zero-order valence-electron chi connectivity index (χ0n) is 18.8. The highest BCUT2D eigenvalue weighted by Gasteiger charge is 2.22. The van der Waals surface area contributed by atoms with E-state index in [1.54, 1.807) is 0 Å². The van der Waals surface area contributed by atoms with E-state index in [0.29, 0.717) is 23.2 Å².